The molecule has 1 saturated carbocycles. The number of rotatable bonds is 10. The van der Waals surface area contributed by atoms with Gasteiger partial charge in [-0.2, -0.15) is 0 Å². The van der Waals surface area contributed by atoms with Crippen LogP contribution in [0.4, 0.5) is 0 Å². The number of hydrogen-bond donors (Lipinski definition) is 0. The molecule has 0 aromatic heterocycles. The van der Waals surface area contributed by atoms with Crippen molar-refractivity contribution in [1.29, 1.82) is 0 Å². The van der Waals surface area contributed by atoms with Crippen molar-refractivity contribution in [2.45, 2.75) is 65.2 Å². The van der Waals surface area contributed by atoms with E-state index in [0.29, 0.717) is 0 Å². The Hall–Kier alpha value is -1.18. The van der Waals surface area contributed by atoms with Crippen LogP contribution in [-0.4, -0.2) is 13.2 Å². The third-order valence-corrected chi connectivity index (χ3v) is 4.91. The van der Waals surface area contributed by atoms with Crippen molar-refractivity contribution < 1.29 is 9.47 Å². The summed E-state index contributed by atoms with van der Waals surface area (Å²) in [5, 5.41) is 0. The first-order chi connectivity index (χ1) is 11.3. The molecule has 0 amide bonds. The predicted octanol–water partition coefficient (Wildman–Crippen LogP) is 6.06. The van der Waals surface area contributed by atoms with Gasteiger partial charge in [-0.15, -0.1) is 0 Å². The van der Waals surface area contributed by atoms with Crippen molar-refractivity contribution in [3.05, 3.63) is 30.7 Å². The minimum Gasteiger partial charge on any atom is -0.494 e. The molecule has 0 N–H and O–H groups in total. The zero-order valence-electron chi connectivity index (χ0n) is 14.9. The van der Waals surface area contributed by atoms with Crippen molar-refractivity contribution in [3.8, 4) is 11.5 Å². The molecule has 0 unspecified atom stereocenters. The standard InChI is InChI=1S/C21H33O2/c1-3-5-7-18-8-10-19(11-9-18)17-23-21-14-12-20(13-15-21)22-16-6-4-2/h3,12-15,18-19H,4-11,16-17H2,1-2H3/t18-,19-. The lowest BCUT2D eigenvalue weighted by Crippen LogP contribution is -2.20. The smallest absolute Gasteiger partial charge is 0.119 e. The Morgan fingerprint density at radius 3 is 2.17 bits per heavy atom. The molecule has 1 fully saturated rings. The Kier molecular flexibility index (Phi) is 8.35. The van der Waals surface area contributed by atoms with Gasteiger partial charge in [0.2, 0.25) is 0 Å². The maximum atomic E-state index is 5.98. The molecule has 0 bridgehead atoms. The van der Waals surface area contributed by atoms with E-state index in [1.165, 1.54) is 44.9 Å². The van der Waals surface area contributed by atoms with Crippen LogP contribution >= 0.6 is 0 Å². The van der Waals surface area contributed by atoms with Crippen molar-refractivity contribution in [2.24, 2.45) is 11.8 Å². The average molecular weight is 317 g/mol. The molecular weight excluding hydrogens is 284 g/mol. The summed E-state index contributed by atoms with van der Waals surface area (Å²) >= 11 is 0. The SMILES string of the molecule is C[CH]CC[C@H]1CC[C@H](COc2ccc(OCCCC)cc2)CC1. The summed E-state index contributed by atoms with van der Waals surface area (Å²) in [6.07, 6.45) is 12.6. The van der Waals surface area contributed by atoms with Crippen LogP contribution < -0.4 is 9.47 Å². The Morgan fingerprint density at radius 1 is 0.957 bits per heavy atom. The molecule has 0 aliphatic heterocycles. The van der Waals surface area contributed by atoms with Crippen molar-refractivity contribution in [1.82, 2.24) is 0 Å². The highest BCUT2D eigenvalue weighted by Gasteiger charge is 2.21. The maximum absolute atomic E-state index is 5.98. The molecule has 0 spiro atoms. The van der Waals surface area contributed by atoms with E-state index in [2.05, 4.69) is 20.3 Å². The number of ether oxygens (including phenoxy) is 2. The van der Waals surface area contributed by atoms with E-state index in [1.807, 2.05) is 24.3 Å². The largest absolute Gasteiger partial charge is 0.494 e. The van der Waals surface area contributed by atoms with Crippen LogP contribution in [0.2, 0.25) is 0 Å². The normalized spacial score (nSPS) is 21.1. The van der Waals surface area contributed by atoms with Crippen LogP contribution in [0, 0.1) is 18.3 Å². The first-order valence-electron chi connectivity index (χ1n) is 9.45. The molecule has 1 aliphatic carbocycles. The second-order valence-electron chi connectivity index (χ2n) is 6.86. The van der Waals surface area contributed by atoms with Crippen molar-refractivity contribution in [2.75, 3.05) is 13.2 Å². The van der Waals surface area contributed by atoms with Gasteiger partial charge < -0.3 is 9.47 Å². The quantitative estimate of drug-likeness (QED) is 0.489. The van der Waals surface area contributed by atoms with Crippen LogP contribution in [0.3, 0.4) is 0 Å². The molecule has 0 atom stereocenters. The van der Waals surface area contributed by atoms with E-state index >= 15 is 0 Å². The summed E-state index contributed by atoms with van der Waals surface area (Å²) in [7, 11) is 0. The summed E-state index contributed by atoms with van der Waals surface area (Å²) in [6.45, 7) is 6.01. The zero-order chi connectivity index (χ0) is 16.3. The molecule has 0 heterocycles. The van der Waals surface area contributed by atoms with Crippen LogP contribution in [-0.2, 0) is 0 Å². The second kappa shape index (κ2) is 10.6. The zero-order valence-corrected chi connectivity index (χ0v) is 14.9. The summed E-state index contributed by atoms with van der Waals surface area (Å²) in [5.41, 5.74) is 0. The van der Waals surface area contributed by atoms with Crippen LogP contribution in [0.5, 0.6) is 11.5 Å². The molecule has 0 saturated heterocycles. The van der Waals surface area contributed by atoms with Crippen LogP contribution in [0.1, 0.15) is 65.2 Å². The summed E-state index contributed by atoms with van der Waals surface area (Å²) < 4.78 is 11.7. The lowest BCUT2D eigenvalue weighted by molar-refractivity contribution is 0.179. The fraction of sp³-hybridized carbons (Fsp3) is 0.667. The van der Waals surface area contributed by atoms with E-state index < -0.39 is 0 Å². The topological polar surface area (TPSA) is 18.5 Å². The van der Waals surface area contributed by atoms with Gasteiger partial charge in [-0.1, -0.05) is 46.0 Å². The lowest BCUT2D eigenvalue weighted by Gasteiger charge is -2.28. The molecule has 2 nitrogen and oxygen atoms in total. The Morgan fingerprint density at radius 2 is 1.57 bits per heavy atom. The highest BCUT2D eigenvalue weighted by Crippen LogP contribution is 2.32. The molecular formula is C21H33O2. The fourth-order valence-corrected chi connectivity index (χ4v) is 3.27. The first kappa shape index (κ1) is 18.2. The second-order valence-corrected chi connectivity index (χ2v) is 6.86. The van der Waals surface area contributed by atoms with Crippen LogP contribution in [0.25, 0.3) is 0 Å². The molecule has 2 rings (SSSR count). The van der Waals surface area contributed by atoms with Gasteiger partial charge in [-0.25, -0.2) is 0 Å². The van der Waals surface area contributed by atoms with E-state index in [1.54, 1.807) is 0 Å². The third kappa shape index (κ3) is 6.85. The van der Waals surface area contributed by atoms with Gasteiger partial charge >= 0.3 is 0 Å². The minimum absolute atomic E-state index is 0.734. The Bertz CT molecular complexity index is 404. The van der Waals surface area contributed by atoms with E-state index in [0.717, 1.165) is 43.0 Å². The Balaban J connectivity index is 1.64. The van der Waals surface area contributed by atoms with Gasteiger partial charge in [0, 0.05) is 0 Å². The van der Waals surface area contributed by atoms with Gasteiger partial charge in [0.1, 0.15) is 11.5 Å². The first-order valence-corrected chi connectivity index (χ1v) is 9.45. The molecule has 1 aromatic carbocycles. The van der Waals surface area contributed by atoms with Crippen molar-refractivity contribution >= 4 is 0 Å². The van der Waals surface area contributed by atoms with Gasteiger partial charge in [-0.3, -0.25) is 0 Å². The maximum Gasteiger partial charge on any atom is 0.119 e. The average Bonchev–Trinajstić information content (AvgIpc) is 2.60. The number of hydrogen-bond acceptors (Lipinski definition) is 2. The molecule has 2 heteroatoms. The molecule has 1 radical (unpaired) electrons. The van der Waals surface area contributed by atoms with E-state index in [9.17, 15) is 0 Å². The number of unbranched alkanes of at least 4 members (excludes halogenated alkanes) is 2. The van der Waals surface area contributed by atoms with Gasteiger partial charge in [0.05, 0.1) is 13.2 Å². The Labute approximate surface area is 142 Å². The predicted molar refractivity (Wildman–Crippen MR) is 97.0 cm³/mol. The third-order valence-electron chi connectivity index (χ3n) is 4.91. The van der Waals surface area contributed by atoms with E-state index in [4.69, 9.17) is 9.47 Å². The molecule has 129 valence electrons. The lowest BCUT2D eigenvalue weighted by atomic mass is 9.80. The highest BCUT2D eigenvalue weighted by atomic mass is 16.5. The number of benzene rings is 1. The summed E-state index contributed by atoms with van der Waals surface area (Å²) in [4.78, 5) is 0. The van der Waals surface area contributed by atoms with Gasteiger partial charge in [-0.05, 0) is 61.8 Å². The monoisotopic (exact) mass is 317 g/mol. The minimum atomic E-state index is 0.734. The van der Waals surface area contributed by atoms with Crippen LogP contribution in [0.15, 0.2) is 24.3 Å². The summed E-state index contributed by atoms with van der Waals surface area (Å²) in [5.74, 6) is 3.59. The molecule has 23 heavy (non-hydrogen) atoms. The van der Waals surface area contributed by atoms with Gasteiger partial charge in [0.15, 0.2) is 0 Å². The molecule has 1 aliphatic rings. The summed E-state index contributed by atoms with van der Waals surface area (Å²) in [6, 6.07) is 8.10. The highest BCUT2D eigenvalue weighted by molar-refractivity contribution is 5.31. The van der Waals surface area contributed by atoms with Crippen molar-refractivity contribution in [3.63, 3.8) is 0 Å². The fourth-order valence-electron chi connectivity index (χ4n) is 3.27. The molecule has 1 aromatic rings. The van der Waals surface area contributed by atoms with Gasteiger partial charge in [0.25, 0.3) is 0 Å². The van der Waals surface area contributed by atoms with E-state index in [-0.39, 0.29) is 0 Å².